The van der Waals surface area contributed by atoms with E-state index >= 15 is 0 Å². The molecule has 2 aromatic heterocycles. The predicted molar refractivity (Wildman–Crippen MR) is 66.8 cm³/mol. The first-order chi connectivity index (χ1) is 8.47. The number of nitrogens with one attached hydrogen (secondary N) is 1. The maximum absolute atomic E-state index is 10.8. The fraction of sp³-hybridized carbons (Fsp3) is 0.182. The summed E-state index contributed by atoms with van der Waals surface area (Å²) in [7, 11) is 1.79. The van der Waals surface area contributed by atoms with E-state index in [1.807, 2.05) is 6.92 Å². The molecule has 0 aliphatic rings. The third-order valence-electron chi connectivity index (χ3n) is 2.41. The molecule has 0 aromatic carbocycles. The van der Waals surface area contributed by atoms with Crippen molar-refractivity contribution in [3.8, 4) is 0 Å². The molecule has 94 valence electrons. The fourth-order valence-corrected chi connectivity index (χ4v) is 1.54. The molecule has 2 rings (SSSR count). The summed E-state index contributed by atoms with van der Waals surface area (Å²) in [6, 6.07) is 2.86. The van der Waals surface area contributed by atoms with Crippen LogP contribution < -0.4 is 11.1 Å². The van der Waals surface area contributed by atoms with E-state index in [9.17, 15) is 4.79 Å². The molecule has 0 amide bonds. The maximum Gasteiger partial charge on any atom is 0.354 e. The lowest BCUT2D eigenvalue weighted by Gasteiger charge is -2.07. The smallest absolute Gasteiger partial charge is 0.354 e. The lowest BCUT2D eigenvalue weighted by atomic mass is 10.3. The van der Waals surface area contributed by atoms with Crippen LogP contribution in [-0.2, 0) is 7.05 Å². The van der Waals surface area contributed by atoms with E-state index in [0.29, 0.717) is 11.5 Å². The highest BCUT2D eigenvalue weighted by molar-refractivity contribution is 5.87. The van der Waals surface area contributed by atoms with Crippen molar-refractivity contribution in [2.75, 3.05) is 11.1 Å². The monoisotopic (exact) mass is 247 g/mol. The van der Waals surface area contributed by atoms with Crippen LogP contribution in [0, 0.1) is 6.92 Å². The molecule has 7 nitrogen and oxygen atoms in total. The van der Waals surface area contributed by atoms with E-state index in [0.717, 1.165) is 11.4 Å². The molecular formula is C11H13N5O2. The number of anilines is 3. The number of rotatable bonds is 3. The Bertz CT molecular complexity index is 605. The number of aromatic nitrogens is 3. The molecule has 0 fully saturated rings. The van der Waals surface area contributed by atoms with Gasteiger partial charge in [0.15, 0.2) is 11.5 Å². The Morgan fingerprint density at radius 1 is 1.50 bits per heavy atom. The van der Waals surface area contributed by atoms with Crippen molar-refractivity contribution in [2.45, 2.75) is 6.92 Å². The van der Waals surface area contributed by atoms with Gasteiger partial charge in [-0.3, -0.25) is 4.68 Å². The summed E-state index contributed by atoms with van der Waals surface area (Å²) in [6.45, 7) is 1.83. The number of aryl methyl sites for hydroxylation is 2. The molecule has 0 radical (unpaired) electrons. The molecule has 0 aliphatic carbocycles. The molecule has 0 unspecified atom stereocenters. The van der Waals surface area contributed by atoms with Gasteiger partial charge in [-0.05, 0) is 19.1 Å². The van der Waals surface area contributed by atoms with Crippen LogP contribution in [0.4, 0.5) is 17.2 Å². The van der Waals surface area contributed by atoms with Crippen molar-refractivity contribution in [3.05, 3.63) is 29.7 Å². The Morgan fingerprint density at radius 3 is 2.78 bits per heavy atom. The number of nitrogens with two attached hydrogens (primary N) is 1. The minimum absolute atomic E-state index is 0.0618. The first-order valence-corrected chi connectivity index (χ1v) is 5.24. The second kappa shape index (κ2) is 4.36. The Morgan fingerprint density at radius 2 is 2.22 bits per heavy atom. The first kappa shape index (κ1) is 11.9. The topological polar surface area (TPSA) is 106 Å². The third kappa shape index (κ3) is 2.24. The summed E-state index contributed by atoms with van der Waals surface area (Å²) in [5.41, 5.74) is 7.58. The summed E-state index contributed by atoms with van der Waals surface area (Å²) in [5.74, 6) is -0.785. The average molecular weight is 247 g/mol. The summed E-state index contributed by atoms with van der Waals surface area (Å²) >= 11 is 0. The molecule has 0 bridgehead atoms. The Kier molecular flexibility index (Phi) is 2.88. The summed E-state index contributed by atoms with van der Waals surface area (Å²) < 4.78 is 1.65. The minimum atomic E-state index is -1.10. The second-order valence-corrected chi connectivity index (χ2v) is 3.87. The molecule has 4 N–H and O–H groups in total. The van der Waals surface area contributed by atoms with E-state index in [-0.39, 0.29) is 5.69 Å². The van der Waals surface area contributed by atoms with Gasteiger partial charge in [-0.25, -0.2) is 9.78 Å². The molecule has 0 saturated carbocycles. The van der Waals surface area contributed by atoms with Gasteiger partial charge < -0.3 is 16.2 Å². The van der Waals surface area contributed by atoms with Gasteiger partial charge in [-0.15, -0.1) is 0 Å². The average Bonchev–Trinajstić information content (AvgIpc) is 2.60. The second-order valence-electron chi connectivity index (χ2n) is 3.87. The van der Waals surface area contributed by atoms with E-state index in [2.05, 4.69) is 15.4 Å². The number of carboxylic acids is 1. The first-order valence-electron chi connectivity index (χ1n) is 5.24. The van der Waals surface area contributed by atoms with E-state index in [1.54, 1.807) is 17.9 Å². The summed E-state index contributed by atoms with van der Waals surface area (Å²) in [5, 5.41) is 16.0. The highest BCUT2D eigenvalue weighted by Crippen LogP contribution is 2.22. The van der Waals surface area contributed by atoms with Gasteiger partial charge in [0.1, 0.15) is 0 Å². The fourth-order valence-electron chi connectivity index (χ4n) is 1.54. The molecule has 2 aromatic rings. The Labute approximate surface area is 103 Å². The van der Waals surface area contributed by atoms with Crippen LogP contribution in [-0.4, -0.2) is 25.8 Å². The van der Waals surface area contributed by atoms with Crippen molar-refractivity contribution in [2.24, 2.45) is 7.05 Å². The van der Waals surface area contributed by atoms with Crippen LogP contribution in [0.3, 0.4) is 0 Å². The van der Waals surface area contributed by atoms with Gasteiger partial charge in [0.05, 0.1) is 17.1 Å². The number of nitrogen functional groups attached to an aromatic ring is 1. The van der Waals surface area contributed by atoms with Gasteiger partial charge in [0.2, 0.25) is 0 Å². The van der Waals surface area contributed by atoms with E-state index in [1.165, 1.54) is 12.1 Å². The van der Waals surface area contributed by atoms with Crippen molar-refractivity contribution in [3.63, 3.8) is 0 Å². The van der Waals surface area contributed by atoms with Crippen LogP contribution in [0.5, 0.6) is 0 Å². The Balaban J connectivity index is 2.36. The van der Waals surface area contributed by atoms with Crippen LogP contribution >= 0.6 is 0 Å². The number of hydrogen-bond donors (Lipinski definition) is 3. The summed E-state index contributed by atoms with van der Waals surface area (Å²) in [6.07, 6.45) is 1.77. The molecule has 0 aliphatic heterocycles. The number of hydrogen-bond acceptors (Lipinski definition) is 5. The van der Waals surface area contributed by atoms with Gasteiger partial charge in [0, 0.05) is 13.2 Å². The SMILES string of the molecule is Cc1nn(C)cc1Nc1nc(C(=O)O)ccc1N. The highest BCUT2D eigenvalue weighted by Gasteiger charge is 2.10. The molecule has 7 heteroatoms. The predicted octanol–water partition coefficient (Wildman–Crippen LogP) is 1.15. The number of pyridine rings is 1. The summed E-state index contributed by atoms with van der Waals surface area (Å²) in [4.78, 5) is 14.8. The van der Waals surface area contributed by atoms with Crippen LogP contribution in [0.1, 0.15) is 16.2 Å². The van der Waals surface area contributed by atoms with Crippen molar-refractivity contribution < 1.29 is 9.90 Å². The quantitative estimate of drug-likeness (QED) is 0.751. The zero-order valence-electron chi connectivity index (χ0n) is 10.0. The standard InChI is InChI=1S/C11H13N5O2/c1-6-9(5-16(2)15-6)14-10-7(12)3-4-8(13-10)11(17)18/h3-5H,12H2,1-2H3,(H,13,14)(H,17,18). The zero-order chi connectivity index (χ0) is 13.3. The number of aromatic carboxylic acids is 1. The van der Waals surface area contributed by atoms with Gasteiger partial charge in [-0.1, -0.05) is 0 Å². The minimum Gasteiger partial charge on any atom is -0.477 e. The third-order valence-corrected chi connectivity index (χ3v) is 2.41. The molecule has 0 saturated heterocycles. The normalized spacial score (nSPS) is 10.3. The van der Waals surface area contributed by atoms with Crippen LogP contribution in [0.15, 0.2) is 18.3 Å². The van der Waals surface area contributed by atoms with E-state index < -0.39 is 5.97 Å². The lowest BCUT2D eigenvalue weighted by molar-refractivity contribution is 0.0690. The Hall–Kier alpha value is -2.57. The van der Waals surface area contributed by atoms with Gasteiger partial charge in [0.25, 0.3) is 0 Å². The van der Waals surface area contributed by atoms with Crippen molar-refractivity contribution in [1.82, 2.24) is 14.8 Å². The lowest BCUT2D eigenvalue weighted by Crippen LogP contribution is -2.05. The zero-order valence-corrected chi connectivity index (χ0v) is 10.0. The molecule has 2 heterocycles. The molecule has 0 atom stereocenters. The molecule has 18 heavy (non-hydrogen) atoms. The van der Waals surface area contributed by atoms with Crippen molar-refractivity contribution >= 4 is 23.2 Å². The van der Waals surface area contributed by atoms with Crippen LogP contribution in [0.2, 0.25) is 0 Å². The largest absolute Gasteiger partial charge is 0.477 e. The van der Waals surface area contributed by atoms with Crippen molar-refractivity contribution in [1.29, 1.82) is 0 Å². The maximum atomic E-state index is 10.8. The van der Waals surface area contributed by atoms with Gasteiger partial charge in [-0.2, -0.15) is 5.10 Å². The number of nitrogens with zero attached hydrogens (tertiary/aromatic N) is 3. The molecular weight excluding hydrogens is 234 g/mol. The molecule has 0 spiro atoms. The van der Waals surface area contributed by atoms with E-state index in [4.69, 9.17) is 10.8 Å². The number of carboxylic acid groups (broad SMARTS) is 1. The highest BCUT2D eigenvalue weighted by atomic mass is 16.4. The van der Waals surface area contributed by atoms with Gasteiger partial charge >= 0.3 is 5.97 Å². The number of carbonyl (C=O) groups is 1. The van der Waals surface area contributed by atoms with Crippen LogP contribution in [0.25, 0.3) is 0 Å².